The number of nitrogens with zero attached hydrogens (tertiary/aromatic N) is 2. The summed E-state index contributed by atoms with van der Waals surface area (Å²) in [6, 6.07) is 19.7. The second-order valence-corrected chi connectivity index (χ2v) is 8.07. The molecule has 0 saturated carbocycles. The predicted octanol–water partition coefficient (Wildman–Crippen LogP) is 6.57. The average Bonchev–Trinajstić information content (AvgIpc) is 2.86. The molecule has 1 heterocycles. The maximum absolute atomic E-state index is 6.35. The van der Waals surface area contributed by atoms with Gasteiger partial charge in [-0.2, -0.15) is 10.6 Å². The molecule has 0 fully saturated rings. The summed E-state index contributed by atoms with van der Waals surface area (Å²) in [4.78, 5) is 6.02. The molecule has 0 unspecified atom stereocenters. The monoisotopic (exact) mass is 451 g/mol. The minimum Gasteiger partial charge on any atom is -0.474 e. The summed E-state index contributed by atoms with van der Waals surface area (Å²) in [5.74, 6) is 1.75. The standard InChI is InChI=1S/C27H37N3O3/c1-3-5-7-15-21-31-27-26(33-24-19-13-10-14-20-24)25(23-17-11-9-12-18-23)28-29-30(27)32-22-16-8-6-4-2/h9-14,17-20,29H,3-8,15-16,21-22H2,1-2H3. The van der Waals surface area contributed by atoms with E-state index < -0.39 is 0 Å². The van der Waals surface area contributed by atoms with E-state index in [9.17, 15) is 0 Å². The first-order chi connectivity index (χ1) is 16.3. The second kappa shape index (κ2) is 14.2. The van der Waals surface area contributed by atoms with Crippen LogP contribution in [0.1, 0.15) is 70.8 Å². The zero-order valence-electron chi connectivity index (χ0n) is 20.0. The minimum atomic E-state index is 0.500. The molecule has 0 aliphatic carbocycles. The van der Waals surface area contributed by atoms with E-state index in [0.717, 1.165) is 31.2 Å². The van der Waals surface area contributed by atoms with Crippen molar-refractivity contribution in [2.24, 2.45) is 5.10 Å². The highest BCUT2D eigenvalue weighted by atomic mass is 16.7. The molecule has 178 valence electrons. The van der Waals surface area contributed by atoms with Gasteiger partial charge in [0.1, 0.15) is 11.5 Å². The van der Waals surface area contributed by atoms with E-state index in [1.54, 1.807) is 0 Å². The number of rotatable bonds is 15. The summed E-state index contributed by atoms with van der Waals surface area (Å²) in [5, 5.41) is 6.10. The van der Waals surface area contributed by atoms with Crippen molar-refractivity contribution in [2.75, 3.05) is 13.2 Å². The molecule has 33 heavy (non-hydrogen) atoms. The number of hydroxylamine groups is 1. The van der Waals surface area contributed by atoms with Crippen LogP contribution in [-0.2, 0) is 9.57 Å². The van der Waals surface area contributed by atoms with Crippen molar-refractivity contribution < 1.29 is 14.3 Å². The highest BCUT2D eigenvalue weighted by Gasteiger charge is 2.30. The average molecular weight is 452 g/mol. The van der Waals surface area contributed by atoms with Gasteiger partial charge in [0.05, 0.1) is 13.2 Å². The van der Waals surface area contributed by atoms with Crippen LogP contribution in [0.3, 0.4) is 0 Å². The SMILES string of the molecule is CCCCCCOC1=C(Oc2ccccc2)C(c2ccccc2)=NNN1OCCCCCC. The van der Waals surface area contributed by atoms with Crippen LogP contribution >= 0.6 is 0 Å². The van der Waals surface area contributed by atoms with Crippen molar-refractivity contribution in [3.05, 3.63) is 77.9 Å². The number of hydrazine groups is 1. The highest BCUT2D eigenvalue weighted by Crippen LogP contribution is 2.25. The van der Waals surface area contributed by atoms with Gasteiger partial charge in [-0.05, 0) is 25.0 Å². The van der Waals surface area contributed by atoms with Gasteiger partial charge in [-0.15, -0.1) is 5.17 Å². The first-order valence-corrected chi connectivity index (χ1v) is 12.3. The number of unbranched alkanes of at least 4 members (excludes halogenated alkanes) is 6. The summed E-state index contributed by atoms with van der Waals surface area (Å²) < 4.78 is 12.6. The molecule has 0 amide bonds. The topological polar surface area (TPSA) is 55.3 Å². The van der Waals surface area contributed by atoms with Gasteiger partial charge in [-0.25, -0.2) is 4.84 Å². The molecule has 0 spiro atoms. The molecule has 2 aromatic carbocycles. The van der Waals surface area contributed by atoms with E-state index in [2.05, 4.69) is 24.5 Å². The number of nitrogens with one attached hydrogen (secondary N) is 1. The van der Waals surface area contributed by atoms with Crippen LogP contribution in [0.5, 0.6) is 5.75 Å². The van der Waals surface area contributed by atoms with Gasteiger partial charge in [-0.3, -0.25) is 0 Å². The normalized spacial score (nSPS) is 13.5. The molecular formula is C27H37N3O3. The zero-order chi connectivity index (χ0) is 23.1. The Labute approximate surface area is 198 Å². The van der Waals surface area contributed by atoms with E-state index in [0.29, 0.717) is 36.3 Å². The number of hydrogen-bond donors (Lipinski definition) is 1. The van der Waals surface area contributed by atoms with Crippen LogP contribution in [0.25, 0.3) is 0 Å². The van der Waals surface area contributed by atoms with Gasteiger partial charge >= 0.3 is 0 Å². The molecule has 0 radical (unpaired) electrons. The number of para-hydroxylation sites is 1. The Hall–Kier alpha value is -2.99. The molecule has 0 atom stereocenters. The largest absolute Gasteiger partial charge is 0.474 e. The molecule has 6 nitrogen and oxygen atoms in total. The van der Waals surface area contributed by atoms with Crippen LogP contribution < -0.4 is 10.3 Å². The van der Waals surface area contributed by atoms with Crippen LogP contribution in [0.2, 0.25) is 0 Å². The third-order valence-electron chi connectivity index (χ3n) is 5.31. The van der Waals surface area contributed by atoms with Crippen molar-refractivity contribution >= 4 is 5.71 Å². The van der Waals surface area contributed by atoms with Crippen LogP contribution in [0.15, 0.2) is 77.4 Å². The number of benzene rings is 2. The number of hydrazone groups is 1. The van der Waals surface area contributed by atoms with Crippen LogP contribution in [0.4, 0.5) is 0 Å². The van der Waals surface area contributed by atoms with Crippen molar-refractivity contribution in [1.82, 2.24) is 10.7 Å². The lowest BCUT2D eigenvalue weighted by atomic mass is 10.1. The van der Waals surface area contributed by atoms with E-state index in [4.69, 9.17) is 14.3 Å². The van der Waals surface area contributed by atoms with E-state index in [-0.39, 0.29) is 0 Å². The molecular weight excluding hydrogens is 414 g/mol. The molecule has 0 aromatic heterocycles. The van der Waals surface area contributed by atoms with Crippen LogP contribution in [-0.4, -0.2) is 24.1 Å². The fraction of sp³-hybridized carbons (Fsp3) is 0.444. The van der Waals surface area contributed by atoms with E-state index >= 15 is 0 Å². The quantitative estimate of drug-likeness (QED) is 0.310. The van der Waals surface area contributed by atoms with Gasteiger partial charge in [0.2, 0.25) is 5.76 Å². The number of hydrogen-bond acceptors (Lipinski definition) is 6. The first-order valence-electron chi connectivity index (χ1n) is 12.3. The fourth-order valence-electron chi connectivity index (χ4n) is 3.47. The van der Waals surface area contributed by atoms with Crippen molar-refractivity contribution in [1.29, 1.82) is 0 Å². The third kappa shape index (κ3) is 7.82. The molecule has 3 rings (SSSR count). The Morgan fingerprint density at radius 1 is 0.758 bits per heavy atom. The molecule has 6 heteroatoms. The lowest BCUT2D eigenvalue weighted by Gasteiger charge is -2.30. The Balaban J connectivity index is 1.86. The van der Waals surface area contributed by atoms with Crippen LogP contribution in [0, 0.1) is 0 Å². The van der Waals surface area contributed by atoms with Gasteiger partial charge in [0.15, 0.2) is 0 Å². The third-order valence-corrected chi connectivity index (χ3v) is 5.31. The second-order valence-electron chi connectivity index (χ2n) is 8.07. The smallest absolute Gasteiger partial charge is 0.282 e. The molecule has 1 aliphatic heterocycles. The van der Waals surface area contributed by atoms with E-state index in [1.165, 1.54) is 30.9 Å². The summed E-state index contributed by atoms with van der Waals surface area (Å²) in [6.45, 7) is 5.56. The first kappa shape index (κ1) is 24.6. The van der Waals surface area contributed by atoms with E-state index in [1.807, 2.05) is 60.7 Å². The Kier molecular flexibility index (Phi) is 10.6. The summed E-state index contributed by atoms with van der Waals surface area (Å²) in [7, 11) is 0. The zero-order valence-corrected chi connectivity index (χ0v) is 20.0. The molecule has 2 aromatic rings. The summed E-state index contributed by atoms with van der Waals surface area (Å²) in [5.41, 5.74) is 4.62. The lowest BCUT2D eigenvalue weighted by molar-refractivity contribution is -0.205. The predicted molar refractivity (Wildman–Crippen MR) is 132 cm³/mol. The van der Waals surface area contributed by atoms with Gasteiger partial charge < -0.3 is 9.47 Å². The van der Waals surface area contributed by atoms with Crippen molar-refractivity contribution in [3.63, 3.8) is 0 Å². The molecule has 0 saturated heterocycles. The lowest BCUT2D eigenvalue weighted by Crippen LogP contribution is -2.42. The molecule has 0 bridgehead atoms. The number of allylic oxidation sites excluding steroid dienone is 1. The summed E-state index contributed by atoms with van der Waals surface area (Å²) >= 11 is 0. The Morgan fingerprint density at radius 2 is 1.39 bits per heavy atom. The maximum Gasteiger partial charge on any atom is 0.282 e. The Bertz CT molecular complexity index is 869. The van der Waals surface area contributed by atoms with Crippen molar-refractivity contribution in [3.8, 4) is 5.75 Å². The fourth-order valence-corrected chi connectivity index (χ4v) is 3.47. The van der Waals surface area contributed by atoms with Gasteiger partial charge in [-0.1, -0.05) is 101 Å². The minimum absolute atomic E-state index is 0.500. The van der Waals surface area contributed by atoms with Gasteiger partial charge in [0.25, 0.3) is 5.88 Å². The van der Waals surface area contributed by atoms with Crippen molar-refractivity contribution in [2.45, 2.75) is 65.2 Å². The Morgan fingerprint density at radius 3 is 2.06 bits per heavy atom. The highest BCUT2D eigenvalue weighted by molar-refractivity contribution is 6.12. The molecule has 1 aliphatic rings. The number of ether oxygens (including phenoxy) is 2. The maximum atomic E-state index is 6.35. The molecule has 1 N–H and O–H groups in total. The van der Waals surface area contributed by atoms with Gasteiger partial charge in [0, 0.05) is 5.56 Å². The summed E-state index contributed by atoms with van der Waals surface area (Å²) in [6.07, 6.45) is 8.97.